The number of rotatable bonds is 4. The highest BCUT2D eigenvalue weighted by atomic mass is 16.4. The monoisotopic (exact) mass is 235 g/mol. The maximum absolute atomic E-state index is 11.8. The third-order valence-electron chi connectivity index (χ3n) is 2.30. The average molecular weight is 235 g/mol. The zero-order valence-corrected chi connectivity index (χ0v) is 9.97. The molecule has 0 fully saturated rings. The van der Waals surface area contributed by atoms with Crippen molar-refractivity contribution in [2.24, 2.45) is 10.9 Å². The average Bonchev–Trinajstić information content (AvgIpc) is 2.28. The van der Waals surface area contributed by atoms with Crippen molar-refractivity contribution in [1.29, 1.82) is 0 Å². The van der Waals surface area contributed by atoms with E-state index in [4.69, 9.17) is 10.9 Å². The summed E-state index contributed by atoms with van der Waals surface area (Å²) in [5.74, 6) is -0.0611. The summed E-state index contributed by atoms with van der Waals surface area (Å²) < 4.78 is 0. The molecule has 92 valence electrons. The molecule has 0 spiro atoms. The second-order valence-corrected chi connectivity index (χ2v) is 4.04. The number of amidine groups is 1. The minimum Gasteiger partial charge on any atom is -0.409 e. The van der Waals surface area contributed by atoms with Gasteiger partial charge in [0.05, 0.1) is 0 Å². The van der Waals surface area contributed by atoms with Crippen molar-refractivity contribution >= 4 is 11.7 Å². The number of hydrogen-bond donors (Lipinski definition) is 3. The molecular formula is C12H17N3O2. The van der Waals surface area contributed by atoms with Gasteiger partial charge in [-0.3, -0.25) is 4.79 Å². The molecule has 1 rings (SSSR count). The summed E-state index contributed by atoms with van der Waals surface area (Å²) in [7, 11) is 0. The van der Waals surface area contributed by atoms with E-state index in [0.717, 1.165) is 5.56 Å². The fourth-order valence-electron chi connectivity index (χ4n) is 1.50. The van der Waals surface area contributed by atoms with Gasteiger partial charge in [-0.05, 0) is 26.0 Å². The molecule has 0 bridgehead atoms. The van der Waals surface area contributed by atoms with Gasteiger partial charge in [-0.2, -0.15) is 0 Å². The Kier molecular flexibility index (Phi) is 4.51. The van der Waals surface area contributed by atoms with E-state index in [-0.39, 0.29) is 17.8 Å². The Labute approximate surface area is 100 Å². The van der Waals surface area contributed by atoms with Gasteiger partial charge in [0.2, 0.25) is 0 Å². The largest absolute Gasteiger partial charge is 0.409 e. The number of nitrogens with two attached hydrogens (primary N) is 1. The summed E-state index contributed by atoms with van der Waals surface area (Å²) in [6.07, 6.45) is 0.314. The predicted octanol–water partition coefficient (Wildman–Crippen LogP) is 1.25. The van der Waals surface area contributed by atoms with E-state index in [0.29, 0.717) is 12.0 Å². The molecule has 0 aliphatic heterocycles. The quantitative estimate of drug-likeness (QED) is 0.317. The molecule has 0 saturated carbocycles. The van der Waals surface area contributed by atoms with Crippen molar-refractivity contribution in [3.05, 3.63) is 35.4 Å². The van der Waals surface area contributed by atoms with Crippen LogP contribution in [0.3, 0.4) is 0 Å². The Hall–Kier alpha value is -2.04. The second kappa shape index (κ2) is 5.89. The van der Waals surface area contributed by atoms with E-state index in [1.54, 1.807) is 13.0 Å². The number of hydrogen-bond acceptors (Lipinski definition) is 3. The lowest BCUT2D eigenvalue weighted by molar-refractivity contribution is 0.0941. The molecule has 0 aliphatic carbocycles. The van der Waals surface area contributed by atoms with Crippen molar-refractivity contribution < 1.29 is 10.0 Å². The van der Waals surface area contributed by atoms with Crippen LogP contribution in [0, 0.1) is 6.92 Å². The molecule has 5 nitrogen and oxygen atoms in total. The molecule has 1 unspecified atom stereocenters. The Morgan fingerprint density at radius 2 is 2.29 bits per heavy atom. The summed E-state index contributed by atoms with van der Waals surface area (Å²) >= 11 is 0. The van der Waals surface area contributed by atoms with Crippen molar-refractivity contribution in [2.45, 2.75) is 26.3 Å². The van der Waals surface area contributed by atoms with Crippen LogP contribution in [-0.4, -0.2) is 23.0 Å². The molecule has 1 atom stereocenters. The Balaban J connectivity index is 2.60. The summed E-state index contributed by atoms with van der Waals surface area (Å²) in [6.45, 7) is 3.72. The molecule has 5 heteroatoms. The smallest absolute Gasteiger partial charge is 0.251 e. The summed E-state index contributed by atoms with van der Waals surface area (Å²) in [4.78, 5) is 11.8. The molecule has 17 heavy (non-hydrogen) atoms. The second-order valence-electron chi connectivity index (χ2n) is 4.04. The highest BCUT2D eigenvalue weighted by Gasteiger charge is 2.11. The van der Waals surface area contributed by atoms with E-state index >= 15 is 0 Å². The Morgan fingerprint density at radius 3 is 2.88 bits per heavy atom. The molecule has 0 radical (unpaired) electrons. The molecule has 1 aromatic rings. The number of nitrogens with one attached hydrogen (secondary N) is 1. The SMILES string of the molecule is Cc1cccc(C(=O)NC(C)CC(N)=NO)c1. The molecule has 1 amide bonds. The van der Waals surface area contributed by atoms with E-state index in [9.17, 15) is 4.79 Å². The Morgan fingerprint density at radius 1 is 1.59 bits per heavy atom. The number of amides is 1. The lowest BCUT2D eigenvalue weighted by Crippen LogP contribution is -2.35. The van der Waals surface area contributed by atoms with Gasteiger partial charge in [-0.25, -0.2) is 0 Å². The highest BCUT2D eigenvalue weighted by Crippen LogP contribution is 2.04. The van der Waals surface area contributed by atoms with Gasteiger partial charge in [-0.15, -0.1) is 0 Å². The molecule has 0 aromatic heterocycles. The van der Waals surface area contributed by atoms with Gasteiger partial charge in [-0.1, -0.05) is 22.9 Å². The van der Waals surface area contributed by atoms with E-state index in [1.165, 1.54) is 0 Å². The van der Waals surface area contributed by atoms with Crippen molar-refractivity contribution in [3.63, 3.8) is 0 Å². The first-order valence-corrected chi connectivity index (χ1v) is 5.37. The Bertz CT molecular complexity index is 430. The van der Waals surface area contributed by atoms with Crippen LogP contribution in [0.1, 0.15) is 29.3 Å². The molecule has 1 aromatic carbocycles. The van der Waals surface area contributed by atoms with E-state index < -0.39 is 0 Å². The fourth-order valence-corrected chi connectivity index (χ4v) is 1.50. The summed E-state index contributed by atoms with van der Waals surface area (Å²) in [6, 6.07) is 7.14. The number of benzene rings is 1. The fraction of sp³-hybridized carbons (Fsp3) is 0.333. The number of aryl methyl sites for hydroxylation is 1. The van der Waals surface area contributed by atoms with Crippen LogP contribution in [0.2, 0.25) is 0 Å². The molecule has 4 N–H and O–H groups in total. The first-order chi connectivity index (χ1) is 8.02. The lowest BCUT2D eigenvalue weighted by atomic mass is 10.1. The van der Waals surface area contributed by atoms with Crippen LogP contribution in [0.25, 0.3) is 0 Å². The van der Waals surface area contributed by atoms with Gasteiger partial charge >= 0.3 is 0 Å². The maximum Gasteiger partial charge on any atom is 0.251 e. The third-order valence-corrected chi connectivity index (χ3v) is 2.30. The maximum atomic E-state index is 11.8. The predicted molar refractivity (Wildman–Crippen MR) is 66.1 cm³/mol. The topological polar surface area (TPSA) is 87.7 Å². The van der Waals surface area contributed by atoms with Crippen molar-refractivity contribution in [1.82, 2.24) is 5.32 Å². The molecular weight excluding hydrogens is 218 g/mol. The van der Waals surface area contributed by atoms with Gasteiger partial charge in [0.15, 0.2) is 0 Å². The van der Waals surface area contributed by atoms with E-state index in [2.05, 4.69) is 10.5 Å². The minimum absolute atomic E-state index is 0.0991. The van der Waals surface area contributed by atoms with Crippen molar-refractivity contribution in [2.75, 3.05) is 0 Å². The van der Waals surface area contributed by atoms with Crippen LogP contribution in [0.15, 0.2) is 29.4 Å². The number of oxime groups is 1. The summed E-state index contributed by atoms with van der Waals surface area (Å²) in [5, 5.41) is 14.1. The van der Waals surface area contributed by atoms with Crippen molar-refractivity contribution in [3.8, 4) is 0 Å². The third kappa shape index (κ3) is 4.14. The number of carbonyl (C=O) groups is 1. The molecule has 0 heterocycles. The summed E-state index contributed by atoms with van der Waals surface area (Å²) in [5.41, 5.74) is 7.00. The zero-order chi connectivity index (χ0) is 12.8. The van der Waals surface area contributed by atoms with Gasteiger partial charge < -0.3 is 16.3 Å². The van der Waals surface area contributed by atoms with Gasteiger partial charge in [0, 0.05) is 18.0 Å². The van der Waals surface area contributed by atoms with Crippen LogP contribution < -0.4 is 11.1 Å². The van der Waals surface area contributed by atoms with Crippen LogP contribution in [0.4, 0.5) is 0 Å². The van der Waals surface area contributed by atoms with E-state index in [1.807, 2.05) is 25.1 Å². The lowest BCUT2D eigenvalue weighted by Gasteiger charge is -2.13. The van der Waals surface area contributed by atoms with Gasteiger partial charge in [0.1, 0.15) is 5.84 Å². The standard InChI is InChI=1S/C12H17N3O2/c1-8-4-3-5-10(6-8)12(16)14-9(2)7-11(13)15-17/h3-6,9,17H,7H2,1-2H3,(H2,13,15)(H,14,16). The first-order valence-electron chi connectivity index (χ1n) is 5.37. The normalized spacial score (nSPS) is 13.2. The molecule has 0 aliphatic rings. The van der Waals surface area contributed by atoms with Gasteiger partial charge in [0.25, 0.3) is 5.91 Å². The highest BCUT2D eigenvalue weighted by molar-refractivity contribution is 5.94. The minimum atomic E-state index is -0.182. The number of carbonyl (C=O) groups excluding carboxylic acids is 1. The molecule has 0 saturated heterocycles. The van der Waals surface area contributed by atoms with Crippen LogP contribution >= 0.6 is 0 Å². The zero-order valence-electron chi connectivity index (χ0n) is 9.97. The first kappa shape index (κ1) is 13.0. The van der Waals surface area contributed by atoms with Crippen LogP contribution in [0.5, 0.6) is 0 Å². The number of nitrogens with zero attached hydrogens (tertiary/aromatic N) is 1. The van der Waals surface area contributed by atoms with Crippen LogP contribution in [-0.2, 0) is 0 Å².